The van der Waals surface area contributed by atoms with Gasteiger partial charge in [0, 0.05) is 17.2 Å². The van der Waals surface area contributed by atoms with Gasteiger partial charge in [0.05, 0.1) is 0 Å². The van der Waals surface area contributed by atoms with Crippen LogP contribution in [0, 0.1) is 13.8 Å². The summed E-state index contributed by atoms with van der Waals surface area (Å²) in [5, 5.41) is 14.4. The predicted octanol–water partition coefficient (Wildman–Crippen LogP) is 3.21. The van der Waals surface area contributed by atoms with Crippen molar-refractivity contribution in [1.82, 2.24) is 10.2 Å². The predicted molar refractivity (Wildman–Crippen MR) is 81.0 cm³/mol. The molecule has 2 N–H and O–H groups in total. The average molecular weight is 341 g/mol. The minimum Gasteiger partial charge on any atom is -0.363 e. The lowest BCUT2D eigenvalue weighted by molar-refractivity contribution is 0.102. The molecule has 0 radical (unpaired) electrons. The van der Waals surface area contributed by atoms with E-state index >= 15 is 0 Å². The normalized spacial score (nSPS) is 10.3. The summed E-state index contributed by atoms with van der Waals surface area (Å²) >= 11 is 4.65. The van der Waals surface area contributed by atoms with Crippen molar-refractivity contribution in [1.29, 1.82) is 0 Å². The van der Waals surface area contributed by atoms with E-state index in [0.29, 0.717) is 10.1 Å². The standard InChI is InChI=1S/C12H13BrN4OS/c1-6-4-8(13)5-7(2)9(6)15-10(18)11-16-17-12(14-3)19-11/h4-5H,1-3H3,(H,14,17)(H,15,18). The first-order valence-electron chi connectivity index (χ1n) is 5.60. The van der Waals surface area contributed by atoms with E-state index in [0.717, 1.165) is 21.3 Å². The third kappa shape index (κ3) is 3.10. The number of aryl methyl sites for hydroxylation is 2. The van der Waals surface area contributed by atoms with Gasteiger partial charge in [0.1, 0.15) is 0 Å². The van der Waals surface area contributed by atoms with Crippen LogP contribution in [0.3, 0.4) is 0 Å². The van der Waals surface area contributed by atoms with E-state index in [4.69, 9.17) is 0 Å². The van der Waals surface area contributed by atoms with Gasteiger partial charge in [0.15, 0.2) is 0 Å². The SMILES string of the molecule is CNc1nnc(C(=O)Nc2c(C)cc(Br)cc2C)s1. The second-order valence-electron chi connectivity index (χ2n) is 4.03. The molecule has 0 aliphatic carbocycles. The van der Waals surface area contributed by atoms with Crippen LogP contribution in [0.5, 0.6) is 0 Å². The van der Waals surface area contributed by atoms with Crippen LogP contribution >= 0.6 is 27.3 Å². The number of rotatable bonds is 3. The third-order valence-corrected chi connectivity index (χ3v) is 3.97. The second-order valence-corrected chi connectivity index (χ2v) is 5.92. The lowest BCUT2D eigenvalue weighted by Crippen LogP contribution is -2.13. The van der Waals surface area contributed by atoms with E-state index in [-0.39, 0.29) is 5.91 Å². The fourth-order valence-electron chi connectivity index (χ4n) is 1.69. The Balaban J connectivity index is 2.24. The molecule has 2 rings (SSSR count). The summed E-state index contributed by atoms with van der Waals surface area (Å²) in [6, 6.07) is 3.92. The maximum Gasteiger partial charge on any atom is 0.286 e. The van der Waals surface area contributed by atoms with Crippen molar-refractivity contribution in [2.24, 2.45) is 0 Å². The molecule has 0 saturated heterocycles. The zero-order valence-electron chi connectivity index (χ0n) is 10.7. The monoisotopic (exact) mass is 340 g/mol. The molecule has 0 aliphatic heterocycles. The minimum absolute atomic E-state index is 0.243. The van der Waals surface area contributed by atoms with Gasteiger partial charge in [-0.15, -0.1) is 10.2 Å². The summed E-state index contributed by atoms with van der Waals surface area (Å²) in [4.78, 5) is 12.1. The summed E-state index contributed by atoms with van der Waals surface area (Å²) in [7, 11) is 1.74. The Bertz CT molecular complexity index is 603. The number of amides is 1. The zero-order valence-corrected chi connectivity index (χ0v) is 13.1. The van der Waals surface area contributed by atoms with Crippen LogP contribution in [0.1, 0.15) is 20.9 Å². The first-order chi connectivity index (χ1) is 9.01. The second kappa shape index (κ2) is 5.66. The van der Waals surface area contributed by atoms with Crippen LogP contribution in [-0.2, 0) is 0 Å². The van der Waals surface area contributed by atoms with E-state index in [9.17, 15) is 4.79 Å². The Morgan fingerprint density at radius 3 is 2.42 bits per heavy atom. The Labute approximate surface area is 123 Å². The highest BCUT2D eigenvalue weighted by molar-refractivity contribution is 9.10. The molecule has 19 heavy (non-hydrogen) atoms. The molecule has 0 spiro atoms. The van der Waals surface area contributed by atoms with E-state index in [1.165, 1.54) is 11.3 Å². The number of anilines is 2. The summed E-state index contributed by atoms with van der Waals surface area (Å²) < 4.78 is 0.994. The molecule has 5 nitrogen and oxygen atoms in total. The number of carbonyl (C=O) groups is 1. The molecule has 1 aromatic carbocycles. The van der Waals surface area contributed by atoms with Crippen LogP contribution in [0.4, 0.5) is 10.8 Å². The number of carbonyl (C=O) groups excluding carboxylic acids is 1. The van der Waals surface area contributed by atoms with Gasteiger partial charge in [-0.05, 0) is 37.1 Å². The molecule has 1 amide bonds. The fraction of sp³-hybridized carbons (Fsp3) is 0.250. The number of hydrogen-bond acceptors (Lipinski definition) is 5. The average Bonchev–Trinajstić information content (AvgIpc) is 2.82. The lowest BCUT2D eigenvalue weighted by Gasteiger charge is -2.11. The maximum atomic E-state index is 12.1. The highest BCUT2D eigenvalue weighted by Crippen LogP contribution is 2.26. The van der Waals surface area contributed by atoms with Crippen molar-refractivity contribution >= 4 is 44.0 Å². The largest absolute Gasteiger partial charge is 0.363 e. The van der Waals surface area contributed by atoms with Gasteiger partial charge in [-0.2, -0.15) is 0 Å². The summed E-state index contributed by atoms with van der Waals surface area (Å²) in [6.07, 6.45) is 0. The molecule has 1 aromatic heterocycles. The van der Waals surface area contributed by atoms with Crippen molar-refractivity contribution < 1.29 is 4.79 Å². The molecular weight excluding hydrogens is 328 g/mol. The van der Waals surface area contributed by atoms with E-state index in [1.54, 1.807) is 7.05 Å². The maximum absolute atomic E-state index is 12.1. The van der Waals surface area contributed by atoms with Crippen LogP contribution in [0.2, 0.25) is 0 Å². The van der Waals surface area contributed by atoms with Gasteiger partial charge in [0.2, 0.25) is 10.1 Å². The topological polar surface area (TPSA) is 66.9 Å². The van der Waals surface area contributed by atoms with Gasteiger partial charge in [-0.25, -0.2) is 0 Å². The molecule has 1 heterocycles. The van der Waals surface area contributed by atoms with Crippen LogP contribution < -0.4 is 10.6 Å². The highest BCUT2D eigenvalue weighted by atomic mass is 79.9. The molecule has 7 heteroatoms. The van der Waals surface area contributed by atoms with Gasteiger partial charge in [-0.1, -0.05) is 27.3 Å². The number of nitrogens with zero attached hydrogens (tertiary/aromatic N) is 2. The molecule has 100 valence electrons. The van der Waals surface area contributed by atoms with Gasteiger partial charge < -0.3 is 10.6 Å². The lowest BCUT2D eigenvalue weighted by atomic mass is 10.1. The molecule has 0 unspecified atom stereocenters. The van der Waals surface area contributed by atoms with Gasteiger partial charge in [0.25, 0.3) is 5.91 Å². The summed E-state index contributed by atoms with van der Waals surface area (Å²) in [6.45, 7) is 3.90. The van der Waals surface area contributed by atoms with Crippen molar-refractivity contribution in [3.8, 4) is 0 Å². The van der Waals surface area contributed by atoms with Crippen molar-refractivity contribution in [3.63, 3.8) is 0 Å². The Morgan fingerprint density at radius 2 is 1.89 bits per heavy atom. The molecule has 0 bridgehead atoms. The number of halogens is 1. The van der Waals surface area contributed by atoms with Crippen molar-refractivity contribution in [2.75, 3.05) is 17.7 Å². The highest BCUT2D eigenvalue weighted by Gasteiger charge is 2.14. The van der Waals surface area contributed by atoms with Crippen LogP contribution in [0.25, 0.3) is 0 Å². The minimum atomic E-state index is -0.243. The first-order valence-corrected chi connectivity index (χ1v) is 7.21. The Hall–Kier alpha value is -1.47. The molecule has 0 atom stereocenters. The zero-order chi connectivity index (χ0) is 14.0. The molecule has 0 fully saturated rings. The summed E-state index contributed by atoms with van der Waals surface area (Å²) in [5.41, 5.74) is 2.81. The Kier molecular flexibility index (Phi) is 4.16. The van der Waals surface area contributed by atoms with Crippen molar-refractivity contribution in [3.05, 3.63) is 32.7 Å². The molecule has 0 aliphatic rings. The van der Waals surface area contributed by atoms with Crippen molar-refractivity contribution in [2.45, 2.75) is 13.8 Å². The van der Waals surface area contributed by atoms with Crippen LogP contribution in [0.15, 0.2) is 16.6 Å². The number of aromatic nitrogens is 2. The Morgan fingerprint density at radius 1 is 1.26 bits per heavy atom. The van der Waals surface area contributed by atoms with E-state index < -0.39 is 0 Å². The van der Waals surface area contributed by atoms with Gasteiger partial charge in [-0.3, -0.25) is 4.79 Å². The smallest absolute Gasteiger partial charge is 0.286 e. The number of nitrogens with one attached hydrogen (secondary N) is 2. The number of benzene rings is 1. The van der Waals surface area contributed by atoms with Gasteiger partial charge >= 0.3 is 0 Å². The van der Waals surface area contributed by atoms with E-state index in [1.807, 2.05) is 26.0 Å². The third-order valence-electron chi connectivity index (χ3n) is 2.57. The summed E-state index contributed by atoms with van der Waals surface area (Å²) in [5.74, 6) is -0.243. The molecular formula is C12H13BrN4OS. The number of hydrogen-bond donors (Lipinski definition) is 2. The molecule has 2 aromatic rings. The first kappa shape index (κ1) is 14.0. The van der Waals surface area contributed by atoms with E-state index in [2.05, 4.69) is 36.8 Å². The molecule has 0 saturated carbocycles. The fourth-order valence-corrected chi connectivity index (χ4v) is 2.97. The quantitative estimate of drug-likeness (QED) is 0.900. The van der Waals surface area contributed by atoms with Crippen LogP contribution in [-0.4, -0.2) is 23.2 Å².